The zero-order chi connectivity index (χ0) is 19.2. The Hall–Kier alpha value is -2.74. The molecule has 0 bridgehead atoms. The monoisotopic (exact) mass is 375 g/mol. The number of nitrogens with one attached hydrogen (secondary N) is 3. The van der Waals surface area contributed by atoms with Crippen LogP contribution in [0.5, 0.6) is 5.75 Å². The fourth-order valence-corrected chi connectivity index (χ4v) is 2.99. The number of hydrogen-bond donors (Lipinski definition) is 3. The van der Waals surface area contributed by atoms with Gasteiger partial charge < -0.3 is 20.7 Å². The van der Waals surface area contributed by atoms with E-state index >= 15 is 0 Å². The second-order valence-electron chi connectivity index (χ2n) is 6.22. The van der Waals surface area contributed by atoms with Gasteiger partial charge in [0, 0.05) is 36.6 Å². The maximum Gasteiger partial charge on any atom is 0.387 e. The molecule has 3 N–H and O–H groups in total. The molecule has 0 saturated carbocycles. The highest BCUT2D eigenvalue weighted by atomic mass is 19.3. The third kappa shape index (κ3) is 5.13. The summed E-state index contributed by atoms with van der Waals surface area (Å²) in [7, 11) is 1.78. The van der Waals surface area contributed by atoms with Gasteiger partial charge in [-0.25, -0.2) is 4.98 Å². The van der Waals surface area contributed by atoms with Crippen molar-refractivity contribution in [1.29, 1.82) is 0 Å². The summed E-state index contributed by atoms with van der Waals surface area (Å²) in [5.41, 5.74) is 3.16. The van der Waals surface area contributed by atoms with Crippen LogP contribution in [0.2, 0.25) is 0 Å². The highest BCUT2D eigenvalue weighted by Crippen LogP contribution is 2.34. The largest absolute Gasteiger partial charge is 0.434 e. The molecule has 3 rings (SSSR count). The van der Waals surface area contributed by atoms with E-state index in [9.17, 15) is 8.78 Å². The summed E-state index contributed by atoms with van der Waals surface area (Å²) in [6, 6.07) is 6.87. The molecule has 2 aromatic rings. The number of aromatic nitrogens is 2. The molecule has 0 saturated heterocycles. The van der Waals surface area contributed by atoms with E-state index in [1.807, 2.05) is 19.1 Å². The molecule has 1 aliphatic heterocycles. The van der Waals surface area contributed by atoms with Crippen molar-refractivity contribution in [3.8, 4) is 5.75 Å². The van der Waals surface area contributed by atoms with Crippen LogP contribution < -0.4 is 20.7 Å². The molecule has 1 aromatic carbocycles. The maximum absolute atomic E-state index is 12.8. The summed E-state index contributed by atoms with van der Waals surface area (Å²) in [6.07, 6.45) is 3.75. The summed E-state index contributed by atoms with van der Waals surface area (Å²) < 4.78 is 30.4. The van der Waals surface area contributed by atoms with Gasteiger partial charge in [0.1, 0.15) is 11.6 Å². The fraction of sp³-hybridized carbons (Fsp3) is 0.368. The predicted molar refractivity (Wildman–Crippen MR) is 103 cm³/mol. The molecule has 0 spiro atoms. The molecular formula is C19H23F2N5O. The Morgan fingerprint density at radius 3 is 2.85 bits per heavy atom. The summed E-state index contributed by atoms with van der Waals surface area (Å²) >= 11 is 0. The molecule has 0 radical (unpaired) electrons. The van der Waals surface area contributed by atoms with Crippen molar-refractivity contribution in [3.05, 3.63) is 41.6 Å². The van der Waals surface area contributed by atoms with Gasteiger partial charge in [-0.3, -0.25) is 0 Å². The average Bonchev–Trinajstić information content (AvgIpc) is 2.91. The summed E-state index contributed by atoms with van der Waals surface area (Å²) in [6.45, 7) is 0.605. The lowest BCUT2D eigenvalue weighted by atomic mass is 9.99. The molecular weight excluding hydrogens is 352 g/mol. The van der Waals surface area contributed by atoms with Gasteiger partial charge in [-0.05, 0) is 50.1 Å². The number of hydrogen-bond acceptors (Lipinski definition) is 6. The van der Waals surface area contributed by atoms with Crippen LogP contribution >= 0.6 is 0 Å². The third-order valence-electron chi connectivity index (χ3n) is 4.20. The zero-order valence-corrected chi connectivity index (χ0v) is 15.4. The number of aryl methyl sites for hydroxylation is 1. The van der Waals surface area contributed by atoms with Gasteiger partial charge in [0.15, 0.2) is 0 Å². The first-order valence-electron chi connectivity index (χ1n) is 8.84. The van der Waals surface area contributed by atoms with E-state index in [1.54, 1.807) is 25.2 Å². The van der Waals surface area contributed by atoms with Crippen molar-refractivity contribution in [2.45, 2.75) is 26.4 Å². The Morgan fingerprint density at radius 2 is 2.07 bits per heavy atom. The standard InChI is InChI=1S/C19H23F2N5O/c1-12-10-17(22-2)26-19(24-12)25-14-5-6-16(27-18(20)21)15(11-14)13-4-3-8-23-9-7-13/h5-7,10-11,18,23H,3-4,8-9H2,1-2H3,(H2,22,24,25,26). The summed E-state index contributed by atoms with van der Waals surface area (Å²) in [5.74, 6) is 1.30. The van der Waals surface area contributed by atoms with Crippen LogP contribution in [-0.4, -0.2) is 36.7 Å². The Labute approximate surface area is 157 Å². The van der Waals surface area contributed by atoms with E-state index < -0.39 is 6.61 Å². The van der Waals surface area contributed by atoms with Gasteiger partial charge in [-0.1, -0.05) is 6.08 Å². The van der Waals surface area contributed by atoms with Crippen molar-refractivity contribution in [3.63, 3.8) is 0 Å². The van der Waals surface area contributed by atoms with Crippen LogP contribution in [0.1, 0.15) is 24.1 Å². The average molecular weight is 375 g/mol. The van der Waals surface area contributed by atoms with Gasteiger partial charge >= 0.3 is 6.61 Å². The minimum absolute atomic E-state index is 0.171. The molecule has 0 aliphatic carbocycles. The SMILES string of the molecule is CNc1cc(C)nc(Nc2ccc(OC(F)F)c(C3=CCNCCC3)c2)n1. The lowest BCUT2D eigenvalue weighted by Crippen LogP contribution is -2.12. The van der Waals surface area contributed by atoms with Gasteiger partial charge in [-0.2, -0.15) is 13.8 Å². The highest BCUT2D eigenvalue weighted by Gasteiger charge is 2.15. The minimum atomic E-state index is -2.87. The Kier molecular flexibility index (Phi) is 6.18. The van der Waals surface area contributed by atoms with Crippen molar-refractivity contribution in [2.24, 2.45) is 0 Å². The molecule has 8 heteroatoms. The Morgan fingerprint density at radius 1 is 1.22 bits per heavy atom. The number of nitrogens with zero attached hydrogens (tertiary/aromatic N) is 2. The number of anilines is 3. The van der Waals surface area contributed by atoms with Crippen LogP contribution in [0, 0.1) is 6.92 Å². The molecule has 0 unspecified atom stereocenters. The van der Waals surface area contributed by atoms with E-state index in [2.05, 4.69) is 25.9 Å². The van der Waals surface area contributed by atoms with Gasteiger partial charge in [-0.15, -0.1) is 0 Å². The number of benzene rings is 1. The van der Waals surface area contributed by atoms with Crippen LogP contribution in [0.4, 0.5) is 26.2 Å². The Bertz CT molecular complexity index is 826. The first kappa shape index (κ1) is 19.0. The predicted octanol–water partition coefficient (Wildman–Crippen LogP) is 3.94. The molecule has 27 heavy (non-hydrogen) atoms. The lowest BCUT2D eigenvalue weighted by molar-refractivity contribution is -0.0500. The van der Waals surface area contributed by atoms with Crippen LogP contribution in [0.15, 0.2) is 30.3 Å². The Balaban J connectivity index is 1.93. The number of allylic oxidation sites excluding steroid dienone is 1. The van der Waals surface area contributed by atoms with Crippen LogP contribution in [-0.2, 0) is 0 Å². The molecule has 0 fully saturated rings. The molecule has 144 valence electrons. The maximum atomic E-state index is 12.8. The van der Waals surface area contributed by atoms with E-state index in [0.29, 0.717) is 29.6 Å². The van der Waals surface area contributed by atoms with E-state index in [4.69, 9.17) is 4.74 Å². The second kappa shape index (κ2) is 8.77. The second-order valence-corrected chi connectivity index (χ2v) is 6.22. The van der Waals surface area contributed by atoms with Crippen molar-refractivity contribution in [1.82, 2.24) is 15.3 Å². The van der Waals surface area contributed by atoms with Crippen molar-refractivity contribution >= 4 is 23.0 Å². The van der Waals surface area contributed by atoms with E-state index in [0.717, 1.165) is 30.7 Å². The molecule has 2 heterocycles. The van der Waals surface area contributed by atoms with Crippen LogP contribution in [0.3, 0.4) is 0 Å². The lowest BCUT2D eigenvalue weighted by Gasteiger charge is -2.15. The van der Waals surface area contributed by atoms with E-state index in [1.165, 1.54) is 0 Å². The molecule has 0 amide bonds. The minimum Gasteiger partial charge on any atom is -0.434 e. The smallest absolute Gasteiger partial charge is 0.387 e. The van der Waals surface area contributed by atoms with Crippen molar-refractivity contribution < 1.29 is 13.5 Å². The van der Waals surface area contributed by atoms with Crippen LogP contribution in [0.25, 0.3) is 5.57 Å². The molecule has 6 nitrogen and oxygen atoms in total. The van der Waals surface area contributed by atoms with Gasteiger partial charge in [0.25, 0.3) is 0 Å². The van der Waals surface area contributed by atoms with Gasteiger partial charge in [0.2, 0.25) is 5.95 Å². The molecule has 1 aliphatic rings. The molecule has 1 aromatic heterocycles. The fourth-order valence-electron chi connectivity index (χ4n) is 2.99. The zero-order valence-electron chi connectivity index (χ0n) is 15.4. The number of ether oxygens (including phenoxy) is 1. The summed E-state index contributed by atoms with van der Waals surface area (Å²) in [5, 5.41) is 9.40. The normalized spacial score (nSPS) is 14.5. The highest BCUT2D eigenvalue weighted by molar-refractivity contribution is 5.75. The van der Waals surface area contributed by atoms with Gasteiger partial charge in [0.05, 0.1) is 0 Å². The first-order chi connectivity index (χ1) is 13.0. The summed E-state index contributed by atoms with van der Waals surface area (Å²) in [4.78, 5) is 8.73. The van der Waals surface area contributed by atoms with Crippen molar-refractivity contribution in [2.75, 3.05) is 30.8 Å². The first-order valence-corrected chi connectivity index (χ1v) is 8.84. The third-order valence-corrected chi connectivity index (χ3v) is 4.20. The number of alkyl halides is 2. The topological polar surface area (TPSA) is 71.1 Å². The van der Waals surface area contributed by atoms with E-state index in [-0.39, 0.29) is 5.75 Å². The quantitative estimate of drug-likeness (QED) is 0.710. The molecule has 0 atom stereocenters. The number of rotatable bonds is 6. The number of halogens is 2.